The predicted molar refractivity (Wildman–Crippen MR) is 84.8 cm³/mol. The summed E-state index contributed by atoms with van der Waals surface area (Å²) in [7, 11) is 1.78. The average molecular weight is 363 g/mol. The van der Waals surface area contributed by atoms with E-state index < -0.39 is 0 Å². The molecule has 0 fully saturated rings. The third kappa shape index (κ3) is 3.40. The molecule has 0 saturated heterocycles. The van der Waals surface area contributed by atoms with Gasteiger partial charge >= 0.3 is 0 Å². The fourth-order valence-corrected chi connectivity index (χ4v) is 2.61. The van der Waals surface area contributed by atoms with Crippen LogP contribution in [0.25, 0.3) is 5.95 Å². The van der Waals surface area contributed by atoms with E-state index in [4.69, 9.17) is 0 Å². The Labute approximate surface area is 134 Å². The van der Waals surface area contributed by atoms with Crippen molar-refractivity contribution in [3.05, 3.63) is 47.5 Å². The summed E-state index contributed by atoms with van der Waals surface area (Å²) in [6.07, 6.45) is 5.13. The molecule has 0 amide bonds. The van der Waals surface area contributed by atoms with Gasteiger partial charge in [0.05, 0.1) is 0 Å². The molecular weight excluding hydrogens is 352 g/mol. The van der Waals surface area contributed by atoms with Gasteiger partial charge in [-0.15, -0.1) is 0 Å². The molecule has 0 atom stereocenters. The molecule has 0 unspecified atom stereocenters. The molecule has 3 rings (SSSR count). The maximum absolute atomic E-state index is 4.45. The first-order valence-corrected chi connectivity index (χ1v) is 7.71. The summed E-state index contributed by atoms with van der Waals surface area (Å²) < 4.78 is 2.78. The van der Waals surface area contributed by atoms with E-state index in [0.717, 1.165) is 9.37 Å². The third-order valence-electron chi connectivity index (χ3n) is 2.58. The Hall–Kier alpha value is -1.93. The van der Waals surface area contributed by atoms with E-state index in [2.05, 4.69) is 41.2 Å². The number of nitrogens with zero attached hydrogens (tertiary/aromatic N) is 5. The van der Waals surface area contributed by atoms with Gasteiger partial charge in [-0.25, -0.2) is 4.98 Å². The van der Waals surface area contributed by atoms with Crippen LogP contribution in [-0.4, -0.2) is 31.6 Å². The second-order valence-corrected chi connectivity index (χ2v) is 5.97. The number of imidazole rings is 1. The zero-order chi connectivity index (χ0) is 14.7. The molecule has 2 aromatic heterocycles. The minimum atomic E-state index is 0.522. The van der Waals surface area contributed by atoms with Crippen molar-refractivity contribution in [2.24, 2.45) is 0 Å². The molecule has 106 valence electrons. The molecule has 0 bridgehead atoms. The predicted octanol–water partition coefficient (Wildman–Crippen LogP) is 3.01. The minimum absolute atomic E-state index is 0.522. The van der Waals surface area contributed by atoms with Crippen molar-refractivity contribution in [1.29, 1.82) is 0 Å². The standard InChI is InChI=1S/C13H11BrN6S/c1-15-11-17-12(20-7-6-16-8-20)19-13(18-11)21-10-4-2-9(14)3-5-10/h2-8H,1H3,(H,15,17,18,19). The summed E-state index contributed by atoms with van der Waals surface area (Å²) in [5.74, 6) is 1.06. The van der Waals surface area contributed by atoms with Gasteiger partial charge in [0.15, 0.2) is 5.16 Å². The normalized spacial score (nSPS) is 10.6. The number of aromatic nitrogens is 5. The highest BCUT2D eigenvalue weighted by Gasteiger charge is 2.08. The Morgan fingerprint density at radius 3 is 2.62 bits per heavy atom. The van der Waals surface area contributed by atoms with Crippen LogP contribution in [0.4, 0.5) is 5.95 Å². The van der Waals surface area contributed by atoms with E-state index in [1.807, 2.05) is 24.3 Å². The zero-order valence-corrected chi connectivity index (χ0v) is 13.5. The van der Waals surface area contributed by atoms with Crippen molar-refractivity contribution < 1.29 is 0 Å². The first kappa shape index (κ1) is 14.0. The van der Waals surface area contributed by atoms with Crippen LogP contribution < -0.4 is 5.32 Å². The van der Waals surface area contributed by atoms with Gasteiger partial charge in [-0.2, -0.15) is 15.0 Å². The molecule has 8 heteroatoms. The number of hydrogen-bond donors (Lipinski definition) is 1. The molecule has 1 N–H and O–H groups in total. The molecule has 21 heavy (non-hydrogen) atoms. The van der Waals surface area contributed by atoms with Crippen molar-refractivity contribution in [3.63, 3.8) is 0 Å². The van der Waals surface area contributed by atoms with Crippen LogP contribution in [0.3, 0.4) is 0 Å². The van der Waals surface area contributed by atoms with Crippen LogP contribution in [0, 0.1) is 0 Å². The fourth-order valence-electron chi connectivity index (χ4n) is 1.60. The Bertz CT molecular complexity index is 729. The summed E-state index contributed by atoms with van der Waals surface area (Å²) in [6.45, 7) is 0. The topological polar surface area (TPSA) is 68.5 Å². The molecule has 0 aliphatic heterocycles. The maximum atomic E-state index is 4.45. The number of anilines is 1. The van der Waals surface area contributed by atoms with Crippen molar-refractivity contribution >= 4 is 33.6 Å². The van der Waals surface area contributed by atoms with Crippen LogP contribution in [0.2, 0.25) is 0 Å². The minimum Gasteiger partial charge on any atom is -0.357 e. The van der Waals surface area contributed by atoms with Crippen LogP contribution >= 0.6 is 27.7 Å². The second kappa shape index (κ2) is 6.23. The summed E-state index contributed by atoms with van der Waals surface area (Å²) in [5.41, 5.74) is 0. The molecule has 6 nitrogen and oxygen atoms in total. The second-order valence-electron chi connectivity index (χ2n) is 4.02. The Kier molecular flexibility index (Phi) is 4.16. The van der Waals surface area contributed by atoms with Gasteiger partial charge in [-0.3, -0.25) is 4.57 Å². The summed E-state index contributed by atoms with van der Waals surface area (Å²) >= 11 is 4.90. The number of rotatable bonds is 4. The first-order chi connectivity index (χ1) is 10.2. The van der Waals surface area contributed by atoms with Gasteiger partial charge in [0, 0.05) is 28.8 Å². The Morgan fingerprint density at radius 1 is 1.14 bits per heavy atom. The summed E-state index contributed by atoms with van der Waals surface area (Å²) in [5, 5.41) is 3.57. The van der Waals surface area contributed by atoms with Gasteiger partial charge in [0.25, 0.3) is 0 Å². The van der Waals surface area contributed by atoms with Crippen LogP contribution in [0.15, 0.2) is 57.5 Å². The van der Waals surface area contributed by atoms with Gasteiger partial charge in [-0.05, 0) is 36.0 Å². The lowest BCUT2D eigenvalue weighted by Crippen LogP contribution is -2.06. The van der Waals surface area contributed by atoms with Crippen LogP contribution in [-0.2, 0) is 0 Å². The lowest BCUT2D eigenvalue weighted by Gasteiger charge is -2.06. The van der Waals surface area contributed by atoms with E-state index in [1.165, 1.54) is 11.8 Å². The SMILES string of the molecule is CNc1nc(Sc2ccc(Br)cc2)nc(-n2ccnc2)n1. The Morgan fingerprint density at radius 2 is 1.95 bits per heavy atom. The van der Waals surface area contributed by atoms with Gasteiger partial charge in [-0.1, -0.05) is 15.9 Å². The summed E-state index contributed by atoms with van der Waals surface area (Å²) in [4.78, 5) is 18.2. The van der Waals surface area contributed by atoms with E-state index in [0.29, 0.717) is 17.1 Å². The molecule has 0 saturated carbocycles. The average Bonchev–Trinajstić information content (AvgIpc) is 3.04. The molecule has 0 radical (unpaired) electrons. The third-order valence-corrected chi connectivity index (χ3v) is 3.99. The number of benzene rings is 1. The molecule has 0 spiro atoms. The largest absolute Gasteiger partial charge is 0.357 e. The van der Waals surface area contributed by atoms with E-state index in [1.54, 1.807) is 30.3 Å². The highest BCUT2D eigenvalue weighted by molar-refractivity contribution is 9.10. The lowest BCUT2D eigenvalue weighted by molar-refractivity contribution is 0.828. The highest BCUT2D eigenvalue weighted by atomic mass is 79.9. The van der Waals surface area contributed by atoms with Gasteiger partial charge in [0.1, 0.15) is 6.33 Å². The molecule has 1 aromatic carbocycles. The van der Waals surface area contributed by atoms with Crippen molar-refractivity contribution in [2.75, 3.05) is 12.4 Å². The van der Waals surface area contributed by atoms with Crippen molar-refractivity contribution in [3.8, 4) is 5.95 Å². The maximum Gasteiger partial charge on any atom is 0.240 e. The van der Waals surface area contributed by atoms with Crippen molar-refractivity contribution in [2.45, 2.75) is 10.1 Å². The van der Waals surface area contributed by atoms with E-state index >= 15 is 0 Å². The van der Waals surface area contributed by atoms with Gasteiger partial charge in [0.2, 0.25) is 11.9 Å². The monoisotopic (exact) mass is 362 g/mol. The van der Waals surface area contributed by atoms with Gasteiger partial charge < -0.3 is 5.32 Å². The van der Waals surface area contributed by atoms with Crippen molar-refractivity contribution in [1.82, 2.24) is 24.5 Å². The first-order valence-electron chi connectivity index (χ1n) is 6.10. The summed E-state index contributed by atoms with van der Waals surface area (Å²) in [6, 6.07) is 7.99. The quantitative estimate of drug-likeness (QED) is 0.769. The number of hydrogen-bond acceptors (Lipinski definition) is 6. The fraction of sp³-hybridized carbons (Fsp3) is 0.0769. The van der Waals surface area contributed by atoms with Crippen LogP contribution in [0.5, 0.6) is 0 Å². The zero-order valence-electron chi connectivity index (χ0n) is 11.1. The molecular formula is C13H11BrN6S. The number of halogens is 1. The molecule has 0 aliphatic rings. The van der Waals surface area contributed by atoms with Crippen LogP contribution in [0.1, 0.15) is 0 Å². The Balaban J connectivity index is 1.94. The smallest absolute Gasteiger partial charge is 0.240 e. The molecule has 2 heterocycles. The molecule has 3 aromatic rings. The van der Waals surface area contributed by atoms with E-state index in [9.17, 15) is 0 Å². The molecule has 0 aliphatic carbocycles. The van der Waals surface area contributed by atoms with E-state index in [-0.39, 0.29) is 0 Å². The number of nitrogens with one attached hydrogen (secondary N) is 1. The highest BCUT2D eigenvalue weighted by Crippen LogP contribution is 2.26. The lowest BCUT2D eigenvalue weighted by atomic mass is 10.4.